The van der Waals surface area contributed by atoms with E-state index in [1.54, 1.807) is 12.1 Å². The molecule has 0 saturated carbocycles. The highest BCUT2D eigenvalue weighted by Gasteiger charge is 2.18. The first-order chi connectivity index (χ1) is 8.79. The Morgan fingerprint density at radius 1 is 1.11 bits per heavy atom. The molecule has 0 fully saturated rings. The molecule has 1 aromatic carbocycles. The molecule has 1 heterocycles. The van der Waals surface area contributed by atoms with Crippen molar-refractivity contribution in [2.45, 2.75) is 26.3 Å². The van der Waals surface area contributed by atoms with Gasteiger partial charge >= 0.3 is 0 Å². The second kappa shape index (κ2) is 5.12. The first kappa shape index (κ1) is 14.3. The van der Waals surface area contributed by atoms with Crippen LogP contribution in [0.5, 0.6) is 0 Å². The van der Waals surface area contributed by atoms with Crippen molar-refractivity contribution >= 4 is 23.2 Å². The number of hydrogen-bond acceptors (Lipinski definition) is 2. The van der Waals surface area contributed by atoms with Crippen molar-refractivity contribution in [3.8, 4) is 11.3 Å². The Bertz CT molecular complexity index is 616. The first-order valence-electron chi connectivity index (χ1n) is 6.01. The van der Waals surface area contributed by atoms with Gasteiger partial charge in [-0.05, 0) is 50.6 Å². The van der Waals surface area contributed by atoms with Gasteiger partial charge in [0.1, 0.15) is 0 Å². The summed E-state index contributed by atoms with van der Waals surface area (Å²) >= 11 is 12.1. The standard InChI is InChI=1S/C15H16Cl2N2/c1-9-12(15(2,3)18)6-7-14(19-9)11-5-4-10(16)8-13(11)17/h4-8H,18H2,1-3H3. The van der Waals surface area contributed by atoms with Crippen LogP contribution in [-0.2, 0) is 5.54 Å². The molecule has 100 valence electrons. The zero-order valence-electron chi connectivity index (χ0n) is 11.2. The number of rotatable bonds is 2. The van der Waals surface area contributed by atoms with Crippen LogP contribution in [0.1, 0.15) is 25.1 Å². The van der Waals surface area contributed by atoms with Crippen LogP contribution in [0.4, 0.5) is 0 Å². The lowest BCUT2D eigenvalue weighted by Gasteiger charge is -2.21. The summed E-state index contributed by atoms with van der Waals surface area (Å²) < 4.78 is 0. The highest BCUT2D eigenvalue weighted by molar-refractivity contribution is 6.36. The number of nitrogens with two attached hydrogens (primary N) is 1. The summed E-state index contributed by atoms with van der Waals surface area (Å²) in [7, 11) is 0. The molecule has 1 aromatic heterocycles. The minimum absolute atomic E-state index is 0.403. The number of benzene rings is 1. The third-order valence-electron chi connectivity index (χ3n) is 2.99. The van der Waals surface area contributed by atoms with Crippen LogP contribution >= 0.6 is 23.2 Å². The fourth-order valence-electron chi connectivity index (χ4n) is 2.09. The predicted octanol–water partition coefficient (Wildman–Crippen LogP) is 4.56. The summed E-state index contributed by atoms with van der Waals surface area (Å²) in [4.78, 5) is 4.59. The molecule has 0 saturated heterocycles. The van der Waals surface area contributed by atoms with Crippen molar-refractivity contribution in [1.82, 2.24) is 4.98 Å². The Labute approximate surface area is 123 Å². The molecule has 2 nitrogen and oxygen atoms in total. The van der Waals surface area contributed by atoms with Crippen LogP contribution in [0, 0.1) is 6.92 Å². The van der Waals surface area contributed by atoms with Crippen LogP contribution in [0.15, 0.2) is 30.3 Å². The van der Waals surface area contributed by atoms with E-state index in [9.17, 15) is 0 Å². The van der Waals surface area contributed by atoms with Crippen LogP contribution in [0.3, 0.4) is 0 Å². The highest BCUT2D eigenvalue weighted by atomic mass is 35.5. The predicted molar refractivity (Wildman–Crippen MR) is 81.6 cm³/mol. The average Bonchev–Trinajstić information content (AvgIpc) is 2.26. The van der Waals surface area contributed by atoms with Crippen molar-refractivity contribution in [1.29, 1.82) is 0 Å². The smallest absolute Gasteiger partial charge is 0.0720 e. The Kier molecular flexibility index (Phi) is 3.86. The number of nitrogens with zero attached hydrogens (tertiary/aromatic N) is 1. The van der Waals surface area contributed by atoms with Crippen LogP contribution in [0.2, 0.25) is 10.0 Å². The third-order valence-corrected chi connectivity index (χ3v) is 3.53. The number of aromatic nitrogens is 1. The van der Waals surface area contributed by atoms with Gasteiger partial charge in [0.15, 0.2) is 0 Å². The fourth-order valence-corrected chi connectivity index (χ4v) is 2.59. The van der Waals surface area contributed by atoms with Gasteiger partial charge in [0, 0.05) is 21.8 Å². The molecular formula is C15H16Cl2N2. The van der Waals surface area contributed by atoms with Gasteiger partial charge in [-0.15, -0.1) is 0 Å². The van der Waals surface area contributed by atoms with Gasteiger partial charge in [-0.2, -0.15) is 0 Å². The molecule has 0 atom stereocenters. The van der Waals surface area contributed by atoms with Gasteiger partial charge in [0.25, 0.3) is 0 Å². The van der Waals surface area contributed by atoms with Crippen molar-refractivity contribution < 1.29 is 0 Å². The van der Waals surface area contributed by atoms with Gasteiger partial charge in [-0.25, -0.2) is 0 Å². The van der Waals surface area contributed by atoms with E-state index in [0.717, 1.165) is 22.5 Å². The quantitative estimate of drug-likeness (QED) is 0.882. The van der Waals surface area contributed by atoms with Gasteiger partial charge < -0.3 is 5.73 Å². The fraction of sp³-hybridized carbons (Fsp3) is 0.267. The van der Waals surface area contributed by atoms with Gasteiger partial charge in [-0.3, -0.25) is 4.98 Å². The summed E-state index contributed by atoms with van der Waals surface area (Å²) in [6, 6.07) is 9.34. The van der Waals surface area contributed by atoms with Crippen molar-refractivity contribution in [3.05, 3.63) is 51.6 Å². The van der Waals surface area contributed by atoms with Crippen molar-refractivity contribution in [2.75, 3.05) is 0 Å². The average molecular weight is 295 g/mol. The van der Waals surface area contributed by atoms with E-state index in [2.05, 4.69) is 4.98 Å². The van der Waals surface area contributed by atoms with E-state index in [1.165, 1.54) is 0 Å². The molecule has 0 unspecified atom stereocenters. The monoisotopic (exact) mass is 294 g/mol. The number of aryl methyl sites for hydroxylation is 1. The van der Waals surface area contributed by atoms with E-state index < -0.39 is 5.54 Å². The van der Waals surface area contributed by atoms with Crippen molar-refractivity contribution in [3.63, 3.8) is 0 Å². The summed E-state index contributed by atoms with van der Waals surface area (Å²) in [5.74, 6) is 0. The maximum atomic E-state index is 6.20. The van der Waals surface area contributed by atoms with E-state index in [-0.39, 0.29) is 0 Å². The molecule has 0 aliphatic heterocycles. The summed E-state index contributed by atoms with van der Waals surface area (Å²) in [5.41, 5.74) is 9.35. The molecule has 0 aliphatic carbocycles. The molecule has 0 aliphatic rings. The molecule has 0 bridgehead atoms. The number of pyridine rings is 1. The molecule has 2 N–H and O–H groups in total. The lowest BCUT2D eigenvalue weighted by Crippen LogP contribution is -2.29. The van der Waals surface area contributed by atoms with E-state index in [1.807, 2.05) is 39.0 Å². The highest BCUT2D eigenvalue weighted by Crippen LogP contribution is 2.30. The lowest BCUT2D eigenvalue weighted by atomic mass is 9.93. The zero-order chi connectivity index (χ0) is 14.2. The molecule has 2 aromatic rings. The number of hydrogen-bond donors (Lipinski definition) is 1. The molecule has 2 rings (SSSR count). The Morgan fingerprint density at radius 3 is 2.32 bits per heavy atom. The van der Waals surface area contributed by atoms with E-state index >= 15 is 0 Å². The molecule has 0 radical (unpaired) electrons. The third kappa shape index (κ3) is 3.08. The second-order valence-electron chi connectivity index (χ2n) is 5.18. The summed E-state index contributed by atoms with van der Waals surface area (Å²) in [6.07, 6.45) is 0. The molecule has 0 amide bonds. The number of halogens is 2. The SMILES string of the molecule is Cc1nc(-c2ccc(Cl)cc2Cl)ccc1C(C)(C)N. The second-order valence-corrected chi connectivity index (χ2v) is 6.02. The van der Waals surface area contributed by atoms with Crippen LogP contribution in [0.25, 0.3) is 11.3 Å². The summed E-state index contributed by atoms with van der Waals surface area (Å²) in [6.45, 7) is 5.88. The lowest BCUT2D eigenvalue weighted by molar-refractivity contribution is 0.548. The first-order valence-corrected chi connectivity index (χ1v) is 6.77. The molecule has 0 spiro atoms. The van der Waals surface area contributed by atoms with Crippen molar-refractivity contribution in [2.24, 2.45) is 5.73 Å². The Hall–Kier alpha value is -1.09. The Morgan fingerprint density at radius 2 is 1.79 bits per heavy atom. The normalized spacial score (nSPS) is 11.7. The van der Waals surface area contributed by atoms with E-state index in [0.29, 0.717) is 10.0 Å². The van der Waals surface area contributed by atoms with Crippen LogP contribution < -0.4 is 5.73 Å². The largest absolute Gasteiger partial charge is 0.322 e. The minimum Gasteiger partial charge on any atom is -0.322 e. The minimum atomic E-state index is -0.403. The zero-order valence-corrected chi connectivity index (χ0v) is 12.7. The topological polar surface area (TPSA) is 38.9 Å². The molecule has 19 heavy (non-hydrogen) atoms. The van der Waals surface area contributed by atoms with Gasteiger partial charge in [0.2, 0.25) is 0 Å². The molecular weight excluding hydrogens is 279 g/mol. The Balaban J connectivity index is 2.51. The summed E-state index contributed by atoms with van der Waals surface area (Å²) in [5, 5.41) is 1.21. The van der Waals surface area contributed by atoms with Crippen LogP contribution in [-0.4, -0.2) is 4.98 Å². The molecule has 4 heteroatoms. The van der Waals surface area contributed by atoms with Gasteiger partial charge in [-0.1, -0.05) is 29.3 Å². The van der Waals surface area contributed by atoms with Gasteiger partial charge in [0.05, 0.1) is 10.7 Å². The van der Waals surface area contributed by atoms with E-state index in [4.69, 9.17) is 28.9 Å². The maximum absolute atomic E-state index is 6.20. The maximum Gasteiger partial charge on any atom is 0.0720 e.